The molecule has 0 aliphatic carbocycles. The molecule has 4 atom stereocenters. The van der Waals surface area contributed by atoms with Crippen LogP contribution in [-0.2, 0) is 16.9 Å². The number of nitro groups is 1. The SMILES string of the molecule is CCOc1cccc(CN2[C@@H](CCO)[C@@H]([N+](=O)[O-])[C@H](c3cccc(Cl)c3F)[C@]23C(=O)Nc2nc(Cl)ccc23)c1. The number of fused-ring (bicyclic) bond motifs is 2. The van der Waals surface area contributed by atoms with Crippen molar-refractivity contribution in [2.75, 3.05) is 18.5 Å². The Labute approximate surface area is 233 Å². The van der Waals surface area contributed by atoms with E-state index in [0.717, 1.165) is 0 Å². The zero-order valence-corrected chi connectivity index (χ0v) is 22.3. The molecule has 1 amide bonds. The van der Waals surface area contributed by atoms with Crippen LogP contribution in [0.1, 0.15) is 36.0 Å². The average molecular weight is 575 g/mol. The molecule has 9 nitrogen and oxygen atoms in total. The molecule has 2 N–H and O–H groups in total. The van der Waals surface area contributed by atoms with Gasteiger partial charge < -0.3 is 15.2 Å². The van der Waals surface area contributed by atoms with Crippen molar-refractivity contribution < 1.29 is 24.0 Å². The van der Waals surface area contributed by atoms with Crippen LogP contribution in [0, 0.1) is 15.9 Å². The van der Waals surface area contributed by atoms with Crippen LogP contribution in [-0.4, -0.2) is 51.1 Å². The maximum absolute atomic E-state index is 15.7. The summed E-state index contributed by atoms with van der Waals surface area (Å²) in [6.07, 6.45) is -0.0408. The second-order valence-corrected chi connectivity index (χ2v) is 10.2. The molecular weight excluding hydrogens is 550 g/mol. The summed E-state index contributed by atoms with van der Waals surface area (Å²) in [6.45, 7) is 1.96. The number of halogens is 3. The highest BCUT2D eigenvalue weighted by atomic mass is 35.5. The normalized spacial score (nSPS) is 24.1. The molecule has 0 radical (unpaired) electrons. The third-order valence-electron chi connectivity index (χ3n) is 7.44. The molecule has 1 fully saturated rings. The van der Waals surface area contributed by atoms with E-state index in [-0.39, 0.29) is 34.5 Å². The van der Waals surface area contributed by atoms with Crippen LogP contribution in [0.25, 0.3) is 0 Å². The van der Waals surface area contributed by atoms with E-state index in [2.05, 4.69) is 10.3 Å². The number of carbonyl (C=O) groups excluding carboxylic acids is 1. The van der Waals surface area contributed by atoms with Crippen LogP contribution in [0.15, 0.2) is 54.6 Å². The number of pyridine rings is 1. The molecule has 1 spiro atoms. The number of aromatic nitrogens is 1. The van der Waals surface area contributed by atoms with Gasteiger partial charge in [0.1, 0.15) is 28.1 Å². The quantitative estimate of drug-likeness (QED) is 0.226. The van der Waals surface area contributed by atoms with Crippen LogP contribution < -0.4 is 10.1 Å². The van der Waals surface area contributed by atoms with Gasteiger partial charge in [-0.25, -0.2) is 9.37 Å². The standard InChI is InChI=1S/C27H25Cl2FN4O5/c1-2-39-16-6-3-5-15(13-16)14-33-20(11-12-35)24(34(37)38)22(17-7-4-8-19(28)23(17)30)27(33)18-9-10-21(29)31-25(18)32-26(27)36/h3-10,13,20,22,24,35H,2,11-12,14H2,1H3,(H,31,32,36)/t20-,22-,24+,27+/m0/s1. The Balaban J connectivity index is 1.81. The first-order chi connectivity index (χ1) is 18.7. The smallest absolute Gasteiger partial charge is 0.251 e. The van der Waals surface area contributed by atoms with Gasteiger partial charge in [0.2, 0.25) is 6.04 Å². The number of anilines is 1. The summed E-state index contributed by atoms with van der Waals surface area (Å²) < 4.78 is 21.3. The number of nitrogens with zero attached hydrogens (tertiary/aromatic N) is 3. The molecule has 2 aromatic carbocycles. The number of aliphatic hydroxyl groups excluding tert-OH is 1. The number of hydrogen-bond donors (Lipinski definition) is 2. The maximum Gasteiger partial charge on any atom is 0.251 e. The molecule has 204 valence electrons. The van der Waals surface area contributed by atoms with E-state index in [0.29, 0.717) is 23.5 Å². The second kappa shape index (κ2) is 10.7. The molecule has 0 saturated carbocycles. The van der Waals surface area contributed by atoms with Gasteiger partial charge in [-0.3, -0.25) is 19.8 Å². The van der Waals surface area contributed by atoms with Crippen molar-refractivity contribution in [2.24, 2.45) is 0 Å². The Hall–Kier alpha value is -3.31. The van der Waals surface area contributed by atoms with Crippen molar-refractivity contribution >= 4 is 34.9 Å². The van der Waals surface area contributed by atoms with Gasteiger partial charge in [-0.15, -0.1) is 0 Å². The van der Waals surface area contributed by atoms with Crippen molar-refractivity contribution in [2.45, 2.75) is 43.4 Å². The Bertz CT molecular complexity index is 1440. The summed E-state index contributed by atoms with van der Waals surface area (Å²) in [4.78, 5) is 32.3. The van der Waals surface area contributed by atoms with Crippen molar-refractivity contribution in [3.63, 3.8) is 0 Å². The molecule has 12 heteroatoms. The molecule has 3 heterocycles. The number of aliphatic hydroxyl groups is 1. The number of amides is 1. The third kappa shape index (κ3) is 4.41. The molecule has 2 aliphatic heterocycles. The zero-order valence-electron chi connectivity index (χ0n) is 20.8. The molecular formula is C27H25Cl2FN4O5. The minimum absolute atomic E-state index is 0.0408. The lowest BCUT2D eigenvalue weighted by Gasteiger charge is -2.38. The fourth-order valence-electron chi connectivity index (χ4n) is 6.08. The predicted molar refractivity (Wildman–Crippen MR) is 143 cm³/mol. The summed E-state index contributed by atoms with van der Waals surface area (Å²) in [5.41, 5.74) is -0.802. The largest absolute Gasteiger partial charge is 0.494 e. The van der Waals surface area contributed by atoms with Crippen molar-refractivity contribution in [1.29, 1.82) is 0 Å². The molecule has 1 aromatic heterocycles. The van der Waals surface area contributed by atoms with Crippen LogP contribution in [0.3, 0.4) is 0 Å². The van der Waals surface area contributed by atoms with E-state index in [1.807, 2.05) is 13.0 Å². The average Bonchev–Trinajstić information content (AvgIpc) is 3.33. The third-order valence-corrected chi connectivity index (χ3v) is 7.94. The predicted octanol–water partition coefficient (Wildman–Crippen LogP) is 4.77. The monoisotopic (exact) mass is 574 g/mol. The molecule has 0 unspecified atom stereocenters. The fourth-order valence-corrected chi connectivity index (χ4v) is 6.41. The topological polar surface area (TPSA) is 118 Å². The van der Waals surface area contributed by atoms with Crippen LogP contribution >= 0.6 is 23.2 Å². The summed E-state index contributed by atoms with van der Waals surface area (Å²) in [5, 5.41) is 25.4. The van der Waals surface area contributed by atoms with Crippen molar-refractivity contribution in [3.05, 3.63) is 97.4 Å². The van der Waals surface area contributed by atoms with E-state index in [1.54, 1.807) is 29.2 Å². The van der Waals surface area contributed by atoms with Crippen LogP contribution in [0.4, 0.5) is 10.2 Å². The Morgan fingerprint density at radius 3 is 2.72 bits per heavy atom. The first-order valence-electron chi connectivity index (χ1n) is 12.4. The lowest BCUT2D eigenvalue weighted by Crippen LogP contribution is -2.51. The molecule has 39 heavy (non-hydrogen) atoms. The molecule has 0 bridgehead atoms. The van der Waals surface area contributed by atoms with Gasteiger partial charge in [0, 0.05) is 29.2 Å². The number of rotatable bonds is 8. The number of hydrogen-bond acceptors (Lipinski definition) is 7. The first-order valence-corrected chi connectivity index (χ1v) is 13.1. The maximum atomic E-state index is 15.7. The summed E-state index contributed by atoms with van der Waals surface area (Å²) >= 11 is 12.3. The lowest BCUT2D eigenvalue weighted by atomic mass is 9.74. The number of likely N-dealkylation sites (tertiary alicyclic amines) is 1. The number of nitrogens with one attached hydrogen (secondary N) is 1. The van der Waals surface area contributed by atoms with E-state index in [9.17, 15) is 20.0 Å². The van der Waals surface area contributed by atoms with E-state index in [4.69, 9.17) is 27.9 Å². The van der Waals surface area contributed by atoms with Crippen molar-refractivity contribution in [1.82, 2.24) is 9.88 Å². The summed E-state index contributed by atoms with van der Waals surface area (Å²) in [6, 6.07) is 12.0. The number of benzene rings is 2. The fraction of sp³-hybridized carbons (Fsp3) is 0.333. The van der Waals surface area contributed by atoms with E-state index < -0.39 is 46.8 Å². The van der Waals surface area contributed by atoms with E-state index in [1.165, 1.54) is 24.3 Å². The Morgan fingerprint density at radius 1 is 1.23 bits per heavy atom. The van der Waals surface area contributed by atoms with Crippen LogP contribution in [0.2, 0.25) is 10.2 Å². The summed E-state index contributed by atoms with van der Waals surface area (Å²) in [5.74, 6) is -2.04. The zero-order chi connectivity index (χ0) is 27.9. The van der Waals surface area contributed by atoms with Gasteiger partial charge in [-0.2, -0.15) is 0 Å². The van der Waals surface area contributed by atoms with Gasteiger partial charge in [0.25, 0.3) is 5.91 Å². The van der Waals surface area contributed by atoms with Crippen LogP contribution in [0.5, 0.6) is 5.75 Å². The number of carbonyl (C=O) groups is 1. The van der Waals surface area contributed by atoms with E-state index >= 15 is 4.39 Å². The minimum atomic E-state index is -1.77. The Kier molecular flexibility index (Phi) is 7.47. The lowest BCUT2D eigenvalue weighted by molar-refractivity contribution is -0.528. The molecule has 2 aliphatic rings. The summed E-state index contributed by atoms with van der Waals surface area (Å²) in [7, 11) is 0. The Morgan fingerprint density at radius 2 is 2.00 bits per heavy atom. The van der Waals surface area contributed by atoms with Gasteiger partial charge in [0.05, 0.1) is 23.6 Å². The minimum Gasteiger partial charge on any atom is -0.494 e. The second-order valence-electron chi connectivity index (χ2n) is 9.44. The highest BCUT2D eigenvalue weighted by Gasteiger charge is 2.71. The van der Waals surface area contributed by atoms with Gasteiger partial charge >= 0.3 is 0 Å². The molecule has 1 saturated heterocycles. The highest BCUT2D eigenvalue weighted by Crippen LogP contribution is 2.58. The highest BCUT2D eigenvalue weighted by molar-refractivity contribution is 6.30. The number of ether oxygens (including phenoxy) is 1. The van der Waals surface area contributed by atoms with Crippen molar-refractivity contribution in [3.8, 4) is 5.75 Å². The molecule has 3 aromatic rings. The van der Waals surface area contributed by atoms with Gasteiger partial charge in [-0.05, 0) is 49.2 Å². The van der Waals surface area contributed by atoms with Gasteiger partial charge in [-0.1, -0.05) is 47.5 Å². The first kappa shape index (κ1) is 27.3. The van der Waals surface area contributed by atoms with Gasteiger partial charge in [0.15, 0.2) is 0 Å². The molecule has 5 rings (SSSR count).